The van der Waals surface area contributed by atoms with Gasteiger partial charge in [-0.1, -0.05) is 23.8 Å². The summed E-state index contributed by atoms with van der Waals surface area (Å²) in [6, 6.07) is 5.32. The van der Waals surface area contributed by atoms with Crippen LogP contribution in [0.3, 0.4) is 0 Å². The van der Waals surface area contributed by atoms with Gasteiger partial charge in [-0.2, -0.15) is 0 Å². The molecule has 0 spiro atoms. The summed E-state index contributed by atoms with van der Waals surface area (Å²) >= 11 is 6.27. The second-order valence-corrected chi connectivity index (χ2v) is 6.24. The number of benzene rings is 1. The lowest BCUT2D eigenvalue weighted by Gasteiger charge is -2.18. The number of hydrogen-bond acceptors (Lipinski definition) is 2. The van der Waals surface area contributed by atoms with Gasteiger partial charge in [0, 0.05) is 25.1 Å². The van der Waals surface area contributed by atoms with Crippen molar-refractivity contribution in [2.24, 2.45) is 5.92 Å². The fourth-order valence-electron chi connectivity index (χ4n) is 3.02. The smallest absolute Gasteiger partial charge is 0.227 e. The number of nitrogens with one attached hydrogen (secondary N) is 1. The maximum atomic E-state index is 12.0. The molecule has 1 aromatic rings. The van der Waals surface area contributed by atoms with E-state index in [0.717, 1.165) is 24.9 Å². The Hall–Kier alpha value is -1.81. The Bertz CT molecular complexity index is 627. The Kier molecular flexibility index (Phi) is 4.48. The van der Waals surface area contributed by atoms with Crippen molar-refractivity contribution in [2.45, 2.75) is 32.1 Å². The normalized spacial score (nSPS) is 20.7. The van der Waals surface area contributed by atoms with Crippen molar-refractivity contribution in [2.75, 3.05) is 16.8 Å². The minimum atomic E-state index is -0.00221. The Labute approximate surface area is 135 Å². The third kappa shape index (κ3) is 3.33. The Morgan fingerprint density at radius 2 is 2.27 bits per heavy atom. The Morgan fingerprint density at radius 3 is 2.91 bits per heavy atom. The fourth-order valence-corrected chi connectivity index (χ4v) is 3.30. The van der Waals surface area contributed by atoms with E-state index >= 15 is 0 Å². The summed E-state index contributed by atoms with van der Waals surface area (Å²) in [6.07, 6.45) is 8.27. The fraction of sp³-hybridized carbons (Fsp3) is 0.412. The first-order valence-electron chi connectivity index (χ1n) is 7.70. The molecule has 22 heavy (non-hydrogen) atoms. The average Bonchev–Trinajstić information content (AvgIpc) is 3.11. The second kappa shape index (κ2) is 6.53. The molecule has 1 aliphatic heterocycles. The molecule has 2 amide bonds. The molecule has 1 aromatic carbocycles. The van der Waals surface area contributed by atoms with Gasteiger partial charge in [-0.3, -0.25) is 9.59 Å². The Balaban J connectivity index is 1.65. The molecular weight excluding hydrogens is 300 g/mol. The molecule has 1 aliphatic carbocycles. The van der Waals surface area contributed by atoms with Crippen LogP contribution in [-0.2, 0) is 9.59 Å². The molecule has 1 fully saturated rings. The molecule has 1 heterocycles. The largest absolute Gasteiger partial charge is 0.326 e. The number of halogens is 1. The minimum absolute atomic E-state index is 0.00221. The van der Waals surface area contributed by atoms with E-state index in [9.17, 15) is 9.59 Å². The molecule has 1 atom stereocenters. The molecule has 1 saturated heterocycles. The van der Waals surface area contributed by atoms with E-state index in [1.807, 2.05) is 0 Å². The molecule has 0 saturated carbocycles. The summed E-state index contributed by atoms with van der Waals surface area (Å²) in [5.74, 6) is 0.446. The third-order valence-corrected chi connectivity index (χ3v) is 4.46. The maximum Gasteiger partial charge on any atom is 0.227 e. The number of nitrogens with zero attached hydrogens (tertiary/aromatic N) is 1. The van der Waals surface area contributed by atoms with Gasteiger partial charge in [0.2, 0.25) is 11.8 Å². The van der Waals surface area contributed by atoms with E-state index in [4.69, 9.17) is 11.6 Å². The molecule has 5 heteroatoms. The van der Waals surface area contributed by atoms with Gasteiger partial charge >= 0.3 is 0 Å². The van der Waals surface area contributed by atoms with Crippen LogP contribution >= 0.6 is 11.6 Å². The number of carbonyl (C=O) groups is 2. The van der Waals surface area contributed by atoms with E-state index in [1.165, 1.54) is 0 Å². The van der Waals surface area contributed by atoms with Crippen molar-refractivity contribution >= 4 is 34.8 Å². The molecule has 0 unspecified atom stereocenters. The number of rotatable bonds is 4. The number of allylic oxidation sites excluding steroid dienone is 2. The predicted molar refractivity (Wildman–Crippen MR) is 88.1 cm³/mol. The first-order valence-corrected chi connectivity index (χ1v) is 8.08. The molecule has 3 rings (SSSR count). The second-order valence-electron chi connectivity index (χ2n) is 5.83. The minimum Gasteiger partial charge on any atom is -0.326 e. The number of amides is 2. The van der Waals surface area contributed by atoms with Crippen LogP contribution in [0.25, 0.3) is 0 Å². The van der Waals surface area contributed by atoms with Gasteiger partial charge in [-0.15, -0.1) is 0 Å². The highest BCUT2D eigenvalue weighted by Gasteiger charge is 2.23. The summed E-state index contributed by atoms with van der Waals surface area (Å²) in [5, 5.41) is 3.37. The van der Waals surface area contributed by atoms with E-state index in [2.05, 4.69) is 17.5 Å². The van der Waals surface area contributed by atoms with E-state index in [1.54, 1.807) is 23.1 Å². The van der Waals surface area contributed by atoms with Crippen LogP contribution in [0.15, 0.2) is 30.4 Å². The van der Waals surface area contributed by atoms with E-state index in [0.29, 0.717) is 36.0 Å². The lowest BCUT2D eigenvalue weighted by molar-refractivity contribution is -0.117. The van der Waals surface area contributed by atoms with Crippen LogP contribution in [0.4, 0.5) is 11.4 Å². The van der Waals surface area contributed by atoms with Crippen molar-refractivity contribution in [1.82, 2.24) is 0 Å². The molecule has 0 aromatic heterocycles. The van der Waals surface area contributed by atoms with E-state index in [-0.39, 0.29) is 11.8 Å². The van der Waals surface area contributed by atoms with Gasteiger partial charge in [-0.05, 0) is 43.4 Å². The van der Waals surface area contributed by atoms with Crippen molar-refractivity contribution in [1.29, 1.82) is 0 Å². The zero-order valence-corrected chi connectivity index (χ0v) is 13.1. The molecule has 2 aliphatic rings. The molecular formula is C17H19ClN2O2. The summed E-state index contributed by atoms with van der Waals surface area (Å²) in [4.78, 5) is 25.5. The van der Waals surface area contributed by atoms with Crippen LogP contribution in [0.5, 0.6) is 0 Å². The SMILES string of the molecule is O=C(C[C@H]1C=CCC1)Nc1ccc(N2CCCC2=O)c(Cl)c1. The van der Waals surface area contributed by atoms with Gasteiger partial charge < -0.3 is 10.2 Å². The van der Waals surface area contributed by atoms with Gasteiger partial charge in [0.1, 0.15) is 0 Å². The average molecular weight is 319 g/mol. The summed E-state index contributed by atoms with van der Waals surface area (Å²) in [6.45, 7) is 0.707. The van der Waals surface area contributed by atoms with Gasteiger partial charge in [0.05, 0.1) is 10.7 Å². The van der Waals surface area contributed by atoms with Crippen molar-refractivity contribution in [3.63, 3.8) is 0 Å². The lowest BCUT2D eigenvalue weighted by atomic mass is 10.1. The highest BCUT2D eigenvalue weighted by molar-refractivity contribution is 6.34. The van der Waals surface area contributed by atoms with Crippen LogP contribution in [-0.4, -0.2) is 18.4 Å². The highest BCUT2D eigenvalue weighted by atomic mass is 35.5. The van der Waals surface area contributed by atoms with Crippen LogP contribution in [0.1, 0.15) is 32.1 Å². The van der Waals surface area contributed by atoms with Gasteiger partial charge in [0.15, 0.2) is 0 Å². The maximum absolute atomic E-state index is 12.0. The zero-order chi connectivity index (χ0) is 15.5. The van der Waals surface area contributed by atoms with E-state index < -0.39 is 0 Å². The summed E-state index contributed by atoms with van der Waals surface area (Å²) in [7, 11) is 0. The van der Waals surface area contributed by atoms with Crippen molar-refractivity contribution in [3.05, 3.63) is 35.4 Å². The molecule has 0 bridgehead atoms. The predicted octanol–water partition coefficient (Wildman–Crippen LogP) is 3.76. The van der Waals surface area contributed by atoms with Crippen molar-refractivity contribution < 1.29 is 9.59 Å². The third-order valence-electron chi connectivity index (χ3n) is 4.16. The number of hydrogen-bond donors (Lipinski definition) is 1. The van der Waals surface area contributed by atoms with Crippen LogP contribution in [0, 0.1) is 5.92 Å². The Morgan fingerprint density at radius 1 is 1.41 bits per heavy atom. The molecule has 1 N–H and O–H groups in total. The van der Waals surface area contributed by atoms with Crippen LogP contribution in [0.2, 0.25) is 5.02 Å². The lowest BCUT2D eigenvalue weighted by Crippen LogP contribution is -2.24. The summed E-state index contributed by atoms with van der Waals surface area (Å²) < 4.78 is 0. The standard InChI is InChI=1S/C17H19ClN2O2/c18-14-11-13(19-16(21)10-12-4-1-2-5-12)7-8-15(14)20-9-3-6-17(20)22/h1,4,7-8,11-12H,2-3,5-6,9-10H2,(H,19,21)/t12-/m0/s1. The van der Waals surface area contributed by atoms with Crippen LogP contribution < -0.4 is 10.2 Å². The first kappa shape index (κ1) is 15.1. The monoisotopic (exact) mass is 318 g/mol. The quantitative estimate of drug-likeness (QED) is 0.859. The number of carbonyl (C=O) groups excluding carboxylic acids is 2. The van der Waals surface area contributed by atoms with Crippen molar-refractivity contribution in [3.8, 4) is 0 Å². The number of anilines is 2. The topological polar surface area (TPSA) is 49.4 Å². The van der Waals surface area contributed by atoms with Gasteiger partial charge in [0.25, 0.3) is 0 Å². The zero-order valence-electron chi connectivity index (χ0n) is 12.3. The molecule has 116 valence electrons. The summed E-state index contributed by atoms with van der Waals surface area (Å²) in [5.41, 5.74) is 1.40. The first-order chi connectivity index (χ1) is 10.6. The van der Waals surface area contributed by atoms with Gasteiger partial charge in [-0.25, -0.2) is 0 Å². The molecule has 0 radical (unpaired) electrons. The molecule has 4 nitrogen and oxygen atoms in total. The highest BCUT2D eigenvalue weighted by Crippen LogP contribution is 2.32.